The molecule has 272 valence electrons. The average Bonchev–Trinajstić information content (AvgIpc) is 3.87. The topological polar surface area (TPSA) is 163 Å². The van der Waals surface area contributed by atoms with Crippen LogP contribution in [0.25, 0.3) is 0 Å². The van der Waals surface area contributed by atoms with Gasteiger partial charge in [0.25, 0.3) is 0 Å². The average molecular weight is 708 g/mol. The molecule has 0 unspecified atom stereocenters. The van der Waals surface area contributed by atoms with Crippen LogP contribution in [0.5, 0.6) is 5.75 Å². The highest BCUT2D eigenvalue weighted by Gasteiger charge is 2.45. The Morgan fingerprint density at radius 1 is 0.960 bits per heavy atom. The zero-order valence-corrected chi connectivity index (χ0v) is 30.8. The van der Waals surface area contributed by atoms with Gasteiger partial charge in [0, 0.05) is 24.3 Å². The van der Waals surface area contributed by atoms with Crippen molar-refractivity contribution in [3.63, 3.8) is 0 Å². The number of nitrogen functional groups attached to an aromatic ring is 1. The van der Waals surface area contributed by atoms with E-state index < -0.39 is 39.5 Å². The highest BCUT2D eigenvalue weighted by Crippen LogP contribution is 2.46. The molecule has 0 heterocycles. The number of nitrogens with one attached hydrogen (secondary N) is 3. The molecule has 3 aromatic carbocycles. The molecule has 6 N–H and O–H groups in total. The van der Waals surface area contributed by atoms with E-state index in [4.69, 9.17) is 10.5 Å². The van der Waals surface area contributed by atoms with Crippen LogP contribution >= 0.6 is 0 Å². The summed E-state index contributed by atoms with van der Waals surface area (Å²) in [4.78, 5) is 27.4. The molecule has 50 heavy (non-hydrogen) atoms. The third-order valence-corrected chi connectivity index (χ3v) is 10.8. The quantitative estimate of drug-likeness (QED) is 0.132. The molecule has 0 aliphatic heterocycles. The van der Waals surface area contributed by atoms with E-state index in [2.05, 4.69) is 16.0 Å². The minimum absolute atomic E-state index is 0.000294. The third-order valence-electron chi connectivity index (χ3n) is 8.96. The van der Waals surface area contributed by atoms with Gasteiger partial charge in [0.15, 0.2) is 0 Å². The molecule has 1 saturated carbocycles. The Bertz CT molecular complexity index is 1690. The second-order valence-corrected chi connectivity index (χ2v) is 16.6. The van der Waals surface area contributed by atoms with Crippen LogP contribution < -0.4 is 26.4 Å². The number of hydrogen-bond donors (Lipinski definition) is 5. The summed E-state index contributed by atoms with van der Waals surface area (Å²) in [7, 11) is -2.38. The SMILES string of the molecule is COc1cccc(C2(NCC(=O)N[C@H](C(=O)N[C@@H](Cc3ccccc3)[C@H](O)CN(CC(C)C)S(=O)(=O)c3ccc(N)cc3)C(C)(C)C)CC2)c1. The molecule has 0 spiro atoms. The monoisotopic (exact) mass is 707 g/mol. The Balaban J connectivity index is 1.52. The van der Waals surface area contributed by atoms with Crippen molar-refractivity contribution in [1.29, 1.82) is 0 Å². The first-order chi connectivity index (χ1) is 23.5. The number of carbonyl (C=O) groups is 2. The summed E-state index contributed by atoms with van der Waals surface area (Å²) >= 11 is 0. The predicted octanol–water partition coefficient (Wildman–Crippen LogP) is 3.82. The number of ether oxygens (including phenoxy) is 1. The van der Waals surface area contributed by atoms with Crippen molar-refractivity contribution in [2.45, 2.75) is 82.5 Å². The number of nitrogens with two attached hydrogens (primary N) is 1. The summed E-state index contributed by atoms with van der Waals surface area (Å²) in [6, 6.07) is 21.2. The summed E-state index contributed by atoms with van der Waals surface area (Å²) in [5.41, 5.74) is 7.11. The minimum atomic E-state index is -4.00. The molecule has 0 radical (unpaired) electrons. The van der Waals surface area contributed by atoms with Crippen molar-refractivity contribution in [2.24, 2.45) is 11.3 Å². The Morgan fingerprint density at radius 2 is 1.62 bits per heavy atom. The zero-order valence-electron chi connectivity index (χ0n) is 30.0. The summed E-state index contributed by atoms with van der Waals surface area (Å²) in [6.07, 6.45) is 0.701. The van der Waals surface area contributed by atoms with Crippen LogP contribution in [0, 0.1) is 11.3 Å². The molecule has 0 saturated heterocycles. The predicted molar refractivity (Wildman–Crippen MR) is 196 cm³/mol. The van der Waals surface area contributed by atoms with Gasteiger partial charge in [0.2, 0.25) is 21.8 Å². The summed E-state index contributed by atoms with van der Waals surface area (Å²) in [5.74, 6) is -0.115. The van der Waals surface area contributed by atoms with Gasteiger partial charge < -0.3 is 26.2 Å². The van der Waals surface area contributed by atoms with Crippen molar-refractivity contribution in [3.05, 3.63) is 90.0 Å². The van der Waals surface area contributed by atoms with E-state index >= 15 is 0 Å². The standard InChI is InChI=1S/C38H53N5O6S/c1-26(2)24-43(50(47,48)31-17-15-29(39)16-18-31)25-33(44)32(21-27-11-8-7-9-12-27)41-36(46)35(37(3,4)5)42-34(45)23-40-38(19-20-38)28-13-10-14-30(22-28)49-6/h7-18,22,26,32-33,35,40,44H,19-21,23-25,39H2,1-6H3,(H,41,46)(H,42,45)/t32-,33+,35+/m0/s1. The molecule has 1 aliphatic carbocycles. The fourth-order valence-corrected chi connectivity index (χ4v) is 7.59. The van der Waals surface area contributed by atoms with E-state index in [1.54, 1.807) is 7.11 Å². The van der Waals surface area contributed by atoms with Crippen LogP contribution in [0.4, 0.5) is 5.69 Å². The molecule has 2 amide bonds. The number of amides is 2. The molecule has 12 heteroatoms. The first kappa shape index (κ1) is 38.8. The molecule has 3 atom stereocenters. The number of anilines is 1. The van der Waals surface area contributed by atoms with Crippen LogP contribution in [-0.2, 0) is 31.6 Å². The minimum Gasteiger partial charge on any atom is -0.497 e. The van der Waals surface area contributed by atoms with Gasteiger partial charge in [0.1, 0.15) is 11.8 Å². The van der Waals surface area contributed by atoms with Gasteiger partial charge in [-0.3, -0.25) is 14.9 Å². The third kappa shape index (κ3) is 10.3. The normalized spacial score (nSPS) is 16.0. The smallest absolute Gasteiger partial charge is 0.243 e. The highest BCUT2D eigenvalue weighted by atomic mass is 32.2. The number of rotatable bonds is 17. The number of aliphatic hydroxyl groups is 1. The van der Waals surface area contributed by atoms with E-state index in [1.165, 1.54) is 28.6 Å². The lowest BCUT2D eigenvalue weighted by Crippen LogP contribution is -2.59. The number of benzene rings is 3. The number of methoxy groups -OCH3 is 1. The first-order valence-electron chi connectivity index (χ1n) is 17.1. The van der Waals surface area contributed by atoms with E-state index in [1.807, 2.05) is 89.2 Å². The summed E-state index contributed by atoms with van der Waals surface area (Å²) in [6.45, 7) is 9.26. The molecule has 1 aliphatic rings. The lowest BCUT2D eigenvalue weighted by Gasteiger charge is -2.34. The second kappa shape index (κ2) is 16.4. The summed E-state index contributed by atoms with van der Waals surface area (Å²) < 4.78 is 34.2. The molecule has 4 rings (SSSR count). The first-order valence-corrected chi connectivity index (χ1v) is 18.5. The van der Waals surface area contributed by atoms with E-state index in [0.29, 0.717) is 5.69 Å². The van der Waals surface area contributed by atoms with E-state index in [0.717, 1.165) is 29.7 Å². The fraction of sp³-hybridized carbons (Fsp3) is 0.474. The van der Waals surface area contributed by atoms with Crippen molar-refractivity contribution >= 4 is 27.5 Å². The van der Waals surface area contributed by atoms with Crippen molar-refractivity contribution in [2.75, 3.05) is 32.5 Å². The van der Waals surface area contributed by atoms with Crippen LogP contribution in [-0.4, -0.2) is 74.6 Å². The van der Waals surface area contributed by atoms with Crippen LogP contribution in [0.3, 0.4) is 0 Å². The molecule has 1 fully saturated rings. The van der Waals surface area contributed by atoms with Crippen molar-refractivity contribution < 1.29 is 27.9 Å². The lowest BCUT2D eigenvalue weighted by atomic mass is 9.85. The zero-order chi connectivity index (χ0) is 36.7. The van der Waals surface area contributed by atoms with Gasteiger partial charge in [0.05, 0.1) is 30.7 Å². The van der Waals surface area contributed by atoms with E-state index in [9.17, 15) is 23.1 Å². The Kier molecular flexibility index (Phi) is 12.7. The second-order valence-electron chi connectivity index (χ2n) is 14.7. The number of carbonyl (C=O) groups excluding carboxylic acids is 2. The van der Waals surface area contributed by atoms with Gasteiger partial charge in [-0.05, 0) is 78.1 Å². The maximum absolute atomic E-state index is 14.0. The molecule has 0 bridgehead atoms. The lowest BCUT2D eigenvalue weighted by molar-refractivity contribution is -0.132. The molecule has 11 nitrogen and oxygen atoms in total. The molecular formula is C38H53N5O6S. The Labute approximate surface area is 297 Å². The highest BCUT2D eigenvalue weighted by molar-refractivity contribution is 7.89. The number of hydrogen-bond acceptors (Lipinski definition) is 8. The largest absolute Gasteiger partial charge is 0.497 e. The van der Waals surface area contributed by atoms with Crippen LogP contribution in [0.2, 0.25) is 0 Å². The van der Waals surface area contributed by atoms with Gasteiger partial charge in [-0.15, -0.1) is 0 Å². The molecular weight excluding hydrogens is 655 g/mol. The maximum Gasteiger partial charge on any atom is 0.243 e. The van der Waals surface area contributed by atoms with Crippen molar-refractivity contribution in [1.82, 2.24) is 20.3 Å². The number of aliphatic hydroxyl groups excluding tert-OH is 1. The van der Waals surface area contributed by atoms with Crippen LogP contribution in [0.15, 0.2) is 83.8 Å². The molecule has 3 aromatic rings. The Morgan fingerprint density at radius 3 is 2.20 bits per heavy atom. The molecule has 0 aromatic heterocycles. The Hall–Kier alpha value is -3.97. The van der Waals surface area contributed by atoms with Gasteiger partial charge in [-0.2, -0.15) is 4.31 Å². The van der Waals surface area contributed by atoms with E-state index in [-0.39, 0.29) is 48.3 Å². The van der Waals surface area contributed by atoms with Gasteiger partial charge in [-0.1, -0.05) is 77.1 Å². The van der Waals surface area contributed by atoms with Crippen molar-refractivity contribution in [3.8, 4) is 5.75 Å². The fourth-order valence-electron chi connectivity index (χ4n) is 5.97. The van der Waals surface area contributed by atoms with Gasteiger partial charge in [-0.25, -0.2) is 8.42 Å². The maximum atomic E-state index is 14.0. The number of sulfonamides is 1. The van der Waals surface area contributed by atoms with Crippen LogP contribution in [0.1, 0.15) is 58.6 Å². The summed E-state index contributed by atoms with van der Waals surface area (Å²) in [5, 5.41) is 21.0. The van der Waals surface area contributed by atoms with Gasteiger partial charge >= 0.3 is 0 Å². The number of nitrogens with zero attached hydrogens (tertiary/aromatic N) is 1.